The molecule has 1 fully saturated rings. The summed E-state index contributed by atoms with van der Waals surface area (Å²) in [5, 5.41) is 3.07. The van der Waals surface area contributed by atoms with Crippen LogP contribution >= 0.6 is 11.8 Å². The number of carbonyl (C=O) groups excluding carboxylic acids is 1. The third kappa shape index (κ3) is 4.19. The van der Waals surface area contributed by atoms with Crippen LogP contribution in [0.25, 0.3) is 0 Å². The van der Waals surface area contributed by atoms with E-state index in [-0.39, 0.29) is 11.9 Å². The van der Waals surface area contributed by atoms with E-state index < -0.39 is 0 Å². The summed E-state index contributed by atoms with van der Waals surface area (Å²) in [4.78, 5) is 15.2. The summed E-state index contributed by atoms with van der Waals surface area (Å²) in [7, 11) is 1.59. The molecule has 2 heterocycles. The van der Waals surface area contributed by atoms with Gasteiger partial charge in [0.15, 0.2) is 11.8 Å². The van der Waals surface area contributed by atoms with Gasteiger partial charge >= 0.3 is 0 Å². The van der Waals surface area contributed by atoms with E-state index in [1.54, 1.807) is 25.1 Å². The Morgan fingerprint density at radius 2 is 2.16 bits per heavy atom. The SMILES string of the molecule is COc1cc(SC)ccc1C(=O)NC[C@H](c1ccco1)[NH+]1CCCC1. The van der Waals surface area contributed by atoms with Crippen LogP contribution in [0.4, 0.5) is 0 Å². The number of benzene rings is 1. The van der Waals surface area contributed by atoms with Crippen LogP contribution in [0.2, 0.25) is 0 Å². The highest BCUT2D eigenvalue weighted by atomic mass is 32.2. The summed E-state index contributed by atoms with van der Waals surface area (Å²) < 4.78 is 11.0. The number of ether oxygens (including phenoxy) is 1. The highest BCUT2D eigenvalue weighted by Crippen LogP contribution is 2.25. The van der Waals surface area contributed by atoms with E-state index in [0.717, 1.165) is 23.7 Å². The summed E-state index contributed by atoms with van der Waals surface area (Å²) in [6.45, 7) is 2.79. The largest absolute Gasteiger partial charge is 0.496 e. The number of rotatable bonds is 7. The standard InChI is InChI=1S/C19H24N2O3S/c1-23-18-12-14(25-2)7-8-15(18)19(22)20-13-16(17-6-5-11-24-17)21-9-3-4-10-21/h5-8,11-12,16H,3-4,9-10,13H2,1-2H3,(H,20,22)/p+1/t16-/m1/s1. The Balaban J connectivity index is 1.71. The van der Waals surface area contributed by atoms with E-state index in [1.165, 1.54) is 17.7 Å². The molecule has 25 heavy (non-hydrogen) atoms. The van der Waals surface area contributed by atoms with Crippen LogP contribution < -0.4 is 15.0 Å². The fourth-order valence-corrected chi connectivity index (χ4v) is 3.82. The predicted molar refractivity (Wildman–Crippen MR) is 98.5 cm³/mol. The quantitative estimate of drug-likeness (QED) is 0.742. The molecule has 0 radical (unpaired) electrons. The number of hydrogen-bond acceptors (Lipinski definition) is 4. The van der Waals surface area contributed by atoms with Crippen LogP contribution in [0.1, 0.15) is 35.0 Å². The molecule has 1 saturated heterocycles. The molecule has 1 aliphatic heterocycles. The minimum absolute atomic E-state index is 0.111. The molecule has 1 atom stereocenters. The highest BCUT2D eigenvalue weighted by Gasteiger charge is 2.30. The number of nitrogens with one attached hydrogen (secondary N) is 2. The van der Waals surface area contributed by atoms with Gasteiger partial charge in [-0.05, 0) is 36.6 Å². The number of thioether (sulfide) groups is 1. The van der Waals surface area contributed by atoms with Crippen molar-refractivity contribution in [3.63, 3.8) is 0 Å². The number of hydrogen-bond donors (Lipinski definition) is 2. The van der Waals surface area contributed by atoms with E-state index in [4.69, 9.17) is 9.15 Å². The van der Waals surface area contributed by atoms with E-state index >= 15 is 0 Å². The van der Waals surface area contributed by atoms with Crippen molar-refractivity contribution >= 4 is 17.7 Å². The third-order valence-corrected chi connectivity index (χ3v) is 5.47. The molecule has 0 unspecified atom stereocenters. The lowest BCUT2D eigenvalue weighted by Gasteiger charge is -2.23. The molecular formula is C19H25N2O3S+. The van der Waals surface area contributed by atoms with Crippen molar-refractivity contribution in [3.8, 4) is 5.75 Å². The molecular weight excluding hydrogens is 336 g/mol. The molecule has 1 aromatic heterocycles. The number of carbonyl (C=O) groups is 1. The summed E-state index contributed by atoms with van der Waals surface area (Å²) in [6.07, 6.45) is 6.15. The van der Waals surface area contributed by atoms with E-state index in [9.17, 15) is 4.79 Å². The van der Waals surface area contributed by atoms with Gasteiger partial charge in [-0.2, -0.15) is 0 Å². The van der Waals surface area contributed by atoms with Gasteiger partial charge in [-0.15, -0.1) is 11.8 Å². The van der Waals surface area contributed by atoms with Gasteiger partial charge in [0.1, 0.15) is 5.75 Å². The molecule has 3 rings (SSSR count). The molecule has 6 heteroatoms. The van der Waals surface area contributed by atoms with Crippen molar-refractivity contribution in [2.24, 2.45) is 0 Å². The van der Waals surface area contributed by atoms with Crippen LogP contribution in [0.3, 0.4) is 0 Å². The molecule has 1 amide bonds. The molecule has 0 aliphatic carbocycles. The zero-order valence-corrected chi connectivity index (χ0v) is 15.5. The second kappa shape index (κ2) is 8.45. The molecule has 2 N–H and O–H groups in total. The van der Waals surface area contributed by atoms with Crippen LogP contribution in [-0.2, 0) is 0 Å². The minimum Gasteiger partial charge on any atom is -0.496 e. The number of amides is 1. The number of furan rings is 1. The molecule has 0 bridgehead atoms. The van der Waals surface area contributed by atoms with Crippen LogP contribution in [0, 0.1) is 0 Å². The third-order valence-electron chi connectivity index (χ3n) is 4.75. The average Bonchev–Trinajstić information content (AvgIpc) is 3.35. The summed E-state index contributed by atoms with van der Waals surface area (Å²) in [5.74, 6) is 1.42. The first-order valence-electron chi connectivity index (χ1n) is 8.61. The van der Waals surface area contributed by atoms with Crippen molar-refractivity contribution in [2.75, 3.05) is 33.0 Å². The van der Waals surface area contributed by atoms with Crippen molar-refractivity contribution in [1.82, 2.24) is 5.32 Å². The Hall–Kier alpha value is -1.92. The lowest BCUT2D eigenvalue weighted by atomic mass is 10.1. The molecule has 5 nitrogen and oxygen atoms in total. The van der Waals surface area contributed by atoms with E-state index in [1.807, 2.05) is 36.6 Å². The Morgan fingerprint density at radius 3 is 2.80 bits per heavy atom. The van der Waals surface area contributed by atoms with Gasteiger partial charge in [0.25, 0.3) is 5.91 Å². The van der Waals surface area contributed by atoms with Crippen LogP contribution in [0.15, 0.2) is 45.9 Å². The molecule has 1 aromatic carbocycles. The monoisotopic (exact) mass is 361 g/mol. The maximum atomic E-state index is 12.7. The molecule has 134 valence electrons. The van der Waals surface area contributed by atoms with Gasteiger partial charge in [-0.3, -0.25) is 4.79 Å². The zero-order valence-electron chi connectivity index (χ0n) is 14.7. The first kappa shape index (κ1) is 17.9. The zero-order chi connectivity index (χ0) is 17.6. The summed E-state index contributed by atoms with van der Waals surface area (Å²) in [6, 6.07) is 9.72. The van der Waals surface area contributed by atoms with Crippen molar-refractivity contribution in [3.05, 3.63) is 47.9 Å². The van der Waals surface area contributed by atoms with Gasteiger partial charge in [0.05, 0.1) is 38.6 Å². The van der Waals surface area contributed by atoms with Crippen molar-refractivity contribution < 1.29 is 18.8 Å². The van der Waals surface area contributed by atoms with Crippen LogP contribution in [0.5, 0.6) is 5.75 Å². The Labute approximate surface area is 152 Å². The van der Waals surface area contributed by atoms with E-state index in [0.29, 0.717) is 17.9 Å². The topological polar surface area (TPSA) is 55.9 Å². The second-order valence-electron chi connectivity index (χ2n) is 6.21. The maximum absolute atomic E-state index is 12.7. The smallest absolute Gasteiger partial charge is 0.255 e. The fraction of sp³-hybridized carbons (Fsp3) is 0.421. The van der Waals surface area contributed by atoms with Crippen molar-refractivity contribution in [1.29, 1.82) is 0 Å². The average molecular weight is 361 g/mol. The van der Waals surface area contributed by atoms with Gasteiger partial charge in [0, 0.05) is 17.7 Å². The number of likely N-dealkylation sites (tertiary alicyclic amines) is 1. The Morgan fingerprint density at radius 1 is 1.36 bits per heavy atom. The fourth-order valence-electron chi connectivity index (χ4n) is 3.39. The molecule has 2 aromatic rings. The van der Waals surface area contributed by atoms with Gasteiger partial charge < -0.3 is 19.4 Å². The first-order valence-corrected chi connectivity index (χ1v) is 9.83. The minimum atomic E-state index is -0.111. The van der Waals surface area contributed by atoms with Crippen molar-refractivity contribution in [2.45, 2.75) is 23.8 Å². The van der Waals surface area contributed by atoms with Gasteiger partial charge in [-0.25, -0.2) is 0 Å². The number of methoxy groups -OCH3 is 1. The second-order valence-corrected chi connectivity index (χ2v) is 7.09. The Bertz CT molecular complexity index is 697. The first-order chi connectivity index (χ1) is 12.2. The normalized spacial score (nSPS) is 15.9. The molecule has 1 aliphatic rings. The molecule has 0 saturated carbocycles. The Kier molecular flexibility index (Phi) is 6.04. The number of quaternary nitrogens is 1. The summed E-state index contributed by atoms with van der Waals surface area (Å²) in [5.41, 5.74) is 0.565. The predicted octanol–water partition coefficient (Wildman–Crippen LogP) is 2.16. The molecule has 0 spiro atoms. The lowest BCUT2D eigenvalue weighted by Crippen LogP contribution is -3.11. The van der Waals surface area contributed by atoms with E-state index in [2.05, 4.69) is 5.32 Å². The highest BCUT2D eigenvalue weighted by molar-refractivity contribution is 7.98. The summed E-state index contributed by atoms with van der Waals surface area (Å²) >= 11 is 1.62. The van der Waals surface area contributed by atoms with Crippen LogP contribution in [-0.4, -0.2) is 38.9 Å². The van der Waals surface area contributed by atoms with Gasteiger partial charge in [0.2, 0.25) is 0 Å². The van der Waals surface area contributed by atoms with Gasteiger partial charge in [-0.1, -0.05) is 0 Å². The lowest BCUT2D eigenvalue weighted by molar-refractivity contribution is -0.919. The maximum Gasteiger partial charge on any atom is 0.255 e.